The van der Waals surface area contributed by atoms with E-state index in [2.05, 4.69) is 0 Å². The molecule has 1 nitrogen and oxygen atoms in total. The van der Waals surface area contributed by atoms with Crippen molar-refractivity contribution >= 4 is 0 Å². The molecule has 2 aliphatic carbocycles. The van der Waals surface area contributed by atoms with Crippen molar-refractivity contribution in [1.82, 2.24) is 0 Å². The number of fused-ring (bicyclic) bond motifs is 1. The summed E-state index contributed by atoms with van der Waals surface area (Å²) in [6, 6.07) is 0. The normalized spacial score (nSPS) is 51.4. The van der Waals surface area contributed by atoms with E-state index in [0.29, 0.717) is 0 Å². The second kappa shape index (κ2) is 1.47. The predicted octanol–water partition coefficient (Wildman–Crippen LogP) is 0.991. The van der Waals surface area contributed by atoms with Gasteiger partial charge in [0, 0.05) is 0 Å². The van der Waals surface area contributed by atoms with Crippen molar-refractivity contribution in [2.75, 3.05) is 6.54 Å². The highest BCUT2D eigenvalue weighted by molar-refractivity contribution is 4.95. The number of nitrogens with two attached hydrogens (primary N) is 1. The quantitative estimate of drug-likeness (QED) is 0.536. The second-order valence-corrected chi connectivity index (χ2v) is 3.33. The van der Waals surface area contributed by atoms with E-state index in [-0.39, 0.29) is 0 Å². The van der Waals surface area contributed by atoms with Crippen LogP contribution in [0.1, 0.15) is 19.3 Å². The summed E-state index contributed by atoms with van der Waals surface area (Å²) in [5.74, 6) is 3.13. The summed E-state index contributed by atoms with van der Waals surface area (Å²) in [7, 11) is 0. The Morgan fingerprint density at radius 3 is 2.12 bits per heavy atom. The molecule has 0 aromatic carbocycles. The van der Waals surface area contributed by atoms with Crippen molar-refractivity contribution in [2.45, 2.75) is 19.3 Å². The summed E-state index contributed by atoms with van der Waals surface area (Å²) >= 11 is 0. The van der Waals surface area contributed by atoms with Gasteiger partial charge in [-0.1, -0.05) is 0 Å². The molecule has 0 aromatic rings. The summed E-state index contributed by atoms with van der Waals surface area (Å²) in [5.41, 5.74) is 5.52. The first-order valence-corrected chi connectivity index (χ1v) is 3.60. The predicted molar refractivity (Wildman–Crippen MR) is 33.4 cm³/mol. The Balaban J connectivity index is 1.89. The van der Waals surface area contributed by atoms with Crippen molar-refractivity contribution in [1.29, 1.82) is 0 Å². The van der Waals surface area contributed by atoms with Crippen molar-refractivity contribution in [3.8, 4) is 0 Å². The molecule has 2 saturated carbocycles. The molecule has 0 amide bonds. The summed E-state index contributed by atoms with van der Waals surface area (Å²) in [5, 5.41) is 0. The highest BCUT2D eigenvalue weighted by Gasteiger charge is 2.44. The molecular weight excluding hydrogens is 98.1 g/mol. The maximum absolute atomic E-state index is 5.52. The standard InChI is InChI=1S/C7H13N/c8-4-5-1-6-3-7(6)2-5/h5-7H,1-4,8H2/t5-,6-,7+. The Labute approximate surface area is 50.3 Å². The number of hydrogen-bond donors (Lipinski definition) is 1. The van der Waals surface area contributed by atoms with Crippen LogP contribution in [0.25, 0.3) is 0 Å². The van der Waals surface area contributed by atoms with Crippen LogP contribution in [0.15, 0.2) is 0 Å². The van der Waals surface area contributed by atoms with Gasteiger partial charge in [-0.2, -0.15) is 0 Å². The Morgan fingerprint density at radius 1 is 1.12 bits per heavy atom. The van der Waals surface area contributed by atoms with E-state index in [1.54, 1.807) is 0 Å². The zero-order valence-electron chi connectivity index (χ0n) is 5.14. The summed E-state index contributed by atoms with van der Waals surface area (Å²) < 4.78 is 0. The minimum Gasteiger partial charge on any atom is -0.330 e. The van der Waals surface area contributed by atoms with E-state index in [0.717, 1.165) is 24.3 Å². The van der Waals surface area contributed by atoms with Crippen LogP contribution in [0.2, 0.25) is 0 Å². The minimum absolute atomic E-state index is 0.902. The molecule has 2 fully saturated rings. The zero-order chi connectivity index (χ0) is 5.56. The van der Waals surface area contributed by atoms with E-state index >= 15 is 0 Å². The molecule has 0 saturated heterocycles. The summed E-state index contributed by atoms with van der Waals surface area (Å²) in [4.78, 5) is 0. The molecule has 0 radical (unpaired) electrons. The van der Waals surface area contributed by atoms with Gasteiger partial charge >= 0.3 is 0 Å². The molecule has 2 N–H and O–H groups in total. The average Bonchev–Trinajstić information content (AvgIpc) is 2.40. The van der Waals surface area contributed by atoms with Gasteiger partial charge in [-0.3, -0.25) is 0 Å². The van der Waals surface area contributed by atoms with Crippen LogP contribution in [0.3, 0.4) is 0 Å². The molecule has 2 rings (SSSR count). The first-order chi connectivity index (χ1) is 3.90. The van der Waals surface area contributed by atoms with Crippen molar-refractivity contribution < 1.29 is 0 Å². The zero-order valence-corrected chi connectivity index (χ0v) is 5.14. The Bertz CT molecular complexity index is 90.6. The van der Waals surface area contributed by atoms with E-state index in [9.17, 15) is 0 Å². The lowest BCUT2D eigenvalue weighted by molar-refractivity contribution is 0.499. The van der Waals surface area contributed by atoms with Gasteiger partial charge in [0.15, 0.2) is 0 Å². The lowest BCUT2D eigenvalue weighted by Crippen LogP contribution is -2.11. The first-order valence-electron chi connectivity index (χ1n) is 3.60. The molecule has 46 valence electrons. The van der Waals surface area contributed by atoms with Crippen LogP contribution in [-0.4, -0.2) is 6.54 Å². The molecule has 2 aliphatic rings. The Hall–Kier alpha value is -0.0400. The van der Waals surface area contributed by atoms with Crippen LogP contribution in [-0.2, 0) is 0 Å². The molecule has 0 aliphatic heterocycles. The Kier molecular flexibility index (Phi) is 0.884. The topological polar surface area (TPSA) is 26.0 Å². The Morgan fingerprint density at radius 2 is 1.75 bits per heavy atom. The van der Waals surface area contributed by atoms with Crippen LogP contribution in [0, 0.1) is 17.8 Å². The van der Waals surface area contributed by atoms with E-state index < -0.39 is 0 Å². The highest BCUT2D eigenvalue weighted by Crippen LogP contribution is 2.53. The lowest BCUT2D eigenvalue weighted by atomic mass is 10.0. The third-order valence-electron chi connectivity index (χ3n) is 2.67. The highest BCUT2D eigenvalue weighted by atomic mass is 14.6. The van der Waals surface area contributed by atoms with Crippen LogP contribution in [0.4, 0.5) is 0 Å². The van der Waals surface area contributed by atoms with Crippen LogP contribution >= 0.6 is 0 Å². The largest absolute Gasteiger partial charge is 0.330 e. The van der Waals surface area contributed by atoms with E-state index in [1.807, 2.05) is 0 Å². The van der Waals surface area contributed by atoms with Crippen LogP contribution < -0.4 is 5.73 Å². The molecule has 0 bridgehead atoms. The van der Waals surface area contributed by atoms with E-state index in [1.165, 1.54) is 19.3 Å². The van der Waals surface area contributed by atoms with Crippen molar-refractivity contribution in [3.05, 3.63) is 0 Å². The molecule has 1 heteroatoms. The van der Waals surface area contributed by atoms with Gasteiger partial charge in [0.25, 0.3) is 0 Å². The van der Waals surface area contributed by atoms with Crippen molar-refractivity contribution in [2.24, 2.45) is 23.5 Å². The first kappa shape index (κ1) is 4.80. The molecule has 8 heavy (non-hydrogen) atoms. The summed E-state index contributed by atoms with van der Waals surface area (Å²) in [6.45, 7) is 0.938. The molecule has 0 spiro atoms. The lowest BCUT2D eigenvalue weighted by Gasteiger charge is -2.04. The van der Waals surface area contributed by atoms with Gasteiger partial charge in [0.05, 0.1) is 0 Å². The minimum atomic E-state index is 0.902. The fourth-order valence-corrected chi connectivity index (χ4v) is 2.03. The average molecular weight is 111 g/mol. The van der Waals surface area contributed by atoms with Crippen LogP contribution in [0.5, 0.6) is 0 Å². The van der Waals surface area contributed by atoms with E-state index in [4.69, 9.17) is 5.73 Å². The van der Waals surface area contributed by atoms with Gasteiger partial charge in [0.1, 0.15) is 0 Å². The number of rotatable bonds is 1. The molecule has 0 aromatic heterocycles. The maximum atomic E-state index is 5.52. The second-order valence-electron chi connectivity index (χ2n) is 3.33. The van der Waals surface area contributed by atoms with Crippen molar-refractivity contribution in [3.63, 3.8) is 0 Å². The summed E-state index contributed by atoms with van der Waals surface area (Å²) in [6.07, 6.45) is 4.42. The fraction of sp³-hybridized carbons (Fsp3) is 1.00. The van der Waals surface area contributed by atoms with Gasteiger partial charge in [-0.25, -0.2) is 0 Å². The third-order valence-corrected chi connectivity index (χ3v) is 2.67. The molecule has 0 unspecified atom stereocenters. The number of hydrogen-bond acceptors (Lipinski definition) is 1. The van der Waals surface area contributed by atoms with Gasteiger partial charge < -0.3 is 5.73 Å². The maximum Gasteiger partial charge on any atom is -0.00487 e. The SMILES string of the molecule is NC[C@@H]1C[C@@H]2C[C@@H]2C1. The molecule has 0 heterocycles. The fourth-order valence-electron chi connectivity index (χ4n) is 2.03. The van der Waals surface area contributed by atoms with Gasteiger partial charge in [-0.05, 0) is 43.6 Å². The molecule has 3 atom stereocenters. The van der Waals surface area contributed by atoms with Gasteiger partial charge in [-0.15, -0.1) is 0 Å². The third kappa shape index (κ3) is 0.576. The van der Waals surface area contributed by atoms with Gasteiger partial charge in [0.2, 0.25) is 0 Å². The molecular formula is C7H13N. The smallest absolute Gasteiger partial charge is 0.00487 e. The monoisotopic (exact) mass is 111 g/mol.